The summed E-state index contributed by atoms with van der Waals surface area (Å²) in [7, 11) is 1.46. The maximum absolute atomic E-state index is 12.2. The number of benzene rings is 2. The van der Waals surface area contributed by atoms with Crippen LogP contribution < -0.4 is 15.4 Å². The van der Waals surface area contributed by atoms with E-state index in [1.54, 1.807) is 35.6 Å². The number of esters is 1. The minimum absolute atomic E-state index is 0.241. The summed E-state index contributed by atoms with van der Waals surface area (Å²) in [6.07, 6.45) is 2.93. The van der Waals surface area contributed by atoms with E-state index in [1.807, 2.05) is 42.5 Å². The summed E-state index contributed by atoms with van der Waals surface area (Å²) in [5.41, 5.74) is 1.95. The SMILES string of the molecule is COc1ccc(NC(C)=O)cc1NC(=O)COC(=O)/C=C/c1ccc(-c2ccccc2)s1. The van der Waals surface area contributed by atoms with Crippen molar-refractivity contribution in [3.05, 3.63) is 71.6 Å². The zero-order valence-corrected chi connectivity index (χ0v) is 18.4. The van der Waals surface area contributed by atoms with Crippen molar-refractivity contribution in [2.24, 2.45) is 0 Å². The van der Waals surface area contributed by atoms with Crippen molar-refractivity contribution in [1.29, 1.82) is 0 Å². The molecule has 3 rings (SSSR count). The summed E-state index contributed by atoms with van der Waals surface area (Å²) in [5, 5.41) is 5.24. The standard InChI is InChI=1S/C24H22N2O5S/c1-16(27)25-18-8-11-21(30-2)20(14-18)26-23(28)15-31-24(29)13-10-19-9-12-22(32-19)17-6-4-3-5-7-17/h3-14H,15H2,1-2H3,(H,25,27)(H,26,28)/b13-10+. The van der Waals surface area contributed by atoms with Crippen molar-refractivity contribution in [2.75, 3.05) is 24.4 Å². The van der Waals surface area contributed by atoms with Gasteiger partial charge in [0.05, 0.1) is 12.8 Å². The zero-order valence-electron chi connectivity index (χ0n) is 17.6. The van der Waals surface area contributed by atoms with Crippen LogP contribution in [0.3, 0.4) is 0 Å². The molecule has 0 aliphatic heterocycles. The van der Waals surface area contributed by atoms with Crippen LogP contribution in [-0.2, 0) is 19.1 Å². The topological polar surface area (TPSA) is 93.7 Å². The lowest BCUT2D eigenvalue weighted by atomic mass is 10.2. The lowest BCUT2D eigenvalue weighted by Crippen LogP contribution is -2.20. The third-order valence-corrected chi connectivity index (χ3v) is 5.31. The van der Waals surface area contributed by atoms with Gasteiger partial charge in [-0.2, -0.15) is 0 Å². The predicted molar refractivity (Wildman–Crippen MR) is 126 cm³/mol. The molecule has 164 valence electrons. The van der Waals surface area contributed by atoms with Crippen molar-refractivity contribution in [3.8, 4) is 16.2 Å². The highest BCUT2D eigenvalue weighted by Crippen LogP contribution is 2.29. The van der Waals surface area contributed by atoms with Crippen LogP contribution in [0.1, 0.15) is 11.8 Å². The molecule has 0 radical (unpaired) electrons. The van der Waals surface area contributed by atoms with E-state index < -0.39 is 18.5 Å². The van der Waals surface area contributed by atoms with E-state index in [9.17, 15) is 14.4 Å². The van der Waals surface area contributed by atoms with Gasteiger partial charge >= 0.3 is 5.97 Å². The van der Waals surface area contributed by atoms with Gasteiger partial charge in [-0.3, -0.25) is 9.59 Å². The second-order valence-electron chi connectivity index (χ2n) is 6.65. The molecule has 2 amide bonds. The maximum Gasteiger partial charge on any atom is 0.331 e. The van der Waals surface area contributed by atoms with Gasteiger partial charge in [-0.25, -0.2) is 4.79 Å². The second kappa shape index (κ2) is 10.9. The molecule has 0 spiro atoms. The largest absolute Gasteiger partial charge is 0.495 e. The Morgan fingerprint density at radius 2 is 1.78 bits per heavy atom. The minimum atomic E-state index is -0.631. The third kappa shape index (κ3) is 6.55. The highest BCUT2D eigenvalue weighted by Gasteiger charge is 2.11. The highest BCUT2D eigenvalue weighted by molar-refractivity contribution is 7.16. The van der Waals surface area contributed by atoms with Crippen LogP contribution in [0.4, 0.5) is 11.4 Å². The molecule has 0 atom stereocenters. The molecule has 0 fully saturated rings. The summed E-state index contributed by atoms with van der Waals surface area (Å²) < 4.78 is 10.2. The number of carbonyl (C=O) groups is 3. The summed E-state index contributed by atoms with van der Waals surface area (Å²) >= 11 is 1.55. The first-order chi connectivity index (χ1) is 15.4. The van der Waals surface area contributed by atoms with Crippen LogP contribution in [-0.4, -0.2) is 31.5 Å². The number of methoxy groups -OCH3 is 1. The molecule has 0 aliphatic carbocycles. The summed E-state index contributed by atoms with van der Waals surface area (Å²) in [6.45, 7) is 0.921. The zero-order chi connectivity index (χ0) is 22.9. The fourth-order valence-electron chi connectivity index (χ4n) is 2.81. The number of anilines is 2. The van der Waals surface area contributed by atoms with E-state index in [4.69, 9.17) is 9.47 Å². The number of ether oxygens (including phenoxy) is 2. The van der Waals surface area contributed by atoms with Crippen LogP contribution in [0.2, 0.25) is 0 Å². The smallest absolute Gasteiger partial charge is 0.331 e. The predicted octanol–water partition coefficient (Wildman–Crippen LogP) is 4.58. The van der Waals surface area contributed by atoms with Gasteiger partial charge in [0.1, 0.15) is 5.75 Å². The molecule has 0 aliphatic rings. The number of thiophene rings is 1. The van der Waals surface area contributed by atoms with Crippen molar-refractivity contribution < 1.29 is 23.9 Å². The summed E-state index contributed by atoms with van der Waals surface area (Å²) in [4.78, 5) is 37.4. The monoisotopic (exact) mass is 450 g/mol. The van der Waals surface area contributed by atoms with Crippen molar-refractivity contribution in [1.82, 2.24) is 0 Å². The van der Waals surface area contributed by atoms with Gasteiger partial charge in [0, 0.05) is 28.4 Å². The Morgan fingerprint density at radius 3 is 2.50 bits per heavy atom. The quantitative estimate of drug-likeness (QED) is 0.387. The highest BCUT2D eigenvalue weighted by atomic mass is 32.1. The van der Waals surface area contributed by atoms with Gasteiger partial charge in [-0.15, -0.1) is 11.3 Å². The fraction of sp³-hybridized carbons (Fsp3) is 0.125. The van der Waals surface area contributed by atoms with Gasteiger partial charge in [0.2, 0.25) is 5.91 Å². The average Bonchev–Trinajstić information content (AvgIpc) is 3.26. The molecule has 0 saturated carbocycles. The second-order valence-corrected chi connectivity index (χ2v) is 7.77. The molecule has 2 aromatic carbocycles. The number of rotatable bonds is 8. The van der Waals surface area contributed by atoms with Crippen molar-refractivity contribution >= 4 is 46.6 Å². The molecule has 0 unspecified atom stereocenters. The van der Waals surface area contributed by atoms with E-state index >= 15 is 0 Å². The van der Waals surface area contributed by atoms with Crippen LogP contribution in [0, 0.1) is 0 Å². The molecule has 0 saturated heterocycles. The Morgan fingerprint density at radius 1 is 1.00 bits per heavy atom. The molecular formula is C24H22N2O5S. The first-order valence-electron chi connectivity index (χ1n) is 9.70. The number of amides is 2. The lowest BCUT2D eigenvalue weighted by Gasteiger charge is -2.12. The Labute approximate surface area is 189 Å². The molecule has 32 heavy (non-hydrogen) atoms. The number of hydrogen-bond acceptors (Lipinski definition) is 6. The minimum Gasteiger partial charge on any atom is -0.495 e. The fourth-order valence-corrected chi connectivity index (χ4v) is 3.72. The van der Waals surface area contributed by atoms with Crippen LogP contribution in [0.25, 0.3) is 16.5 Å². The van der Waals surface area contributed by atoms with E-state index in [-0.39, 0.29) is 5.91 Å². The Bertz CT molecular complexity index is 1140. The number of carbonyl (C=O) groups excluding carboxylic acids is 3. The van der Waals surface area contributed by atoms with Crippen molar-refractivity contribution in [3.63, 3.8) is 0 Å². The normalized spacial score (nSPS) is 10.6. The van der Waals surface area contributed by atoms with E-state index in [0.717, 1.165) is 15.3 Å². The van der Waals surface area contributed by atoms with Crippen LogP contribution in [0.5, 0.6) is 5.75 Å². The molecule has 0 bridgehead atoms. The average molecular weight is 451 g/mol. The number of hydrogen-bond donors (Lipinski definition) is 2. The molecule has 3 aromatic rings. The third-order valence-electron chi connectivity index (χ3n) is 4.21. The molecule has 1 heterocycles. The van der Waals surface area contributed by atoms with E-state index in [2.05, 4.69) is 10.6 Å². The van der Waals surface area contributed by atoms with Gasteiger partial charge in [-0.05, 0) is 42.0 Å². The Hall–Kier alpha value is -3.91. The molecule has 2 N–H and O–H groups in total. The first kappa shape index (κ1) is 22.8. The molecule has 1 aromatic heterocycles. The first-order valence-corrected chi connectivity index (χ1v) is 10.5. The Kier molecular flexibility index (Phi) is 7.77. The van der Waals surface area contributed by atoms with Gasteiger partial charge < -0.3 is 20.1 Å². The molecule has 8 heteroatoms. The summed E-state index contributed by atoms with van der Waals surface area (Å²) in [6, 6.07) is 18.7. The molecular weight excluding hydrogens is 428 g/mol. The van der Waals surface area contributed by atoms with Gasteiger partial charge in [0.25, 0.3) is 5.91 Å². The Balaban J connectivity index is 1.53. The van der Waals surface area contributed by atoms with Crippen LogP contribution in [0.15, 0.2) is 66.7 Å². The van der Waals surface area contributed by atoms with Crippen LogP contribution >= 0.6 is 11.3 Å². The van der Waals surface area contributed by atoms with E-state index in [0.29, 0.717) is 17.1 Å². The van der Waals surface area contributed by atoms with Gasteiger partial charge in [0.15, 0.2) is 6.61 Å². The maximum atomic E-state index is 12.2. The molecule has 7 nitrogen and oxygen atoms in total. The summed E-state index contributed by atoms with van der Waals surface area (Å²) in [5.74, 6) is -0.998. The lowest BCUT2D eigenvalue weighted by molar-refractivity contribution is -0.142. The number of nitrogens with one attached hydrogen (secondary N) is 2. The van der Waals surface area contributed by atoms with Crippen molar-refractivity contribution in [2.45, 2.75) is 6.92 Å². The van der Waals surface area contributed by atoms with Gasteiger partial charge in [-0.1, -0.05) is 30.3 Å². The van der Waals surface area contributed by atoms with E-state index in [1.165, 1.54) is 20.1 Å².